The van der Waals surface area contributed by atoms with Gasteiger partial charge in [0.25, 0.3) is 0 Å². The first-order chi connectivity index (χ1) is 8.20. The van der Waals surface area contributed by atoms with E-state index in [0.717, 1.165) is 45.3 Å². The minimum Gasteiger partial charge on any atom is -0.396 e. The van der Waals surface area contributed by atoms with Gasteiger partial charge in [0.15, 0.2) is 0 Å². The Hall–Kier alpha value is -0.160. The number of aliphatic hydroxyl groups is 2. The van der Waals surface area contributed by atoms with Gasteiger partial charge in [0.2, 0.25) is 0 Å². The van der Waals surface area contributed by atoms with E-state index in [1.54, 1.807) is 0 Å². The fourth-order valence-electron chi connectivity index (χ4n) is 4.13. The largest absolute Gasteiger partial charge is 0.396 e. The van der Waals surface area contributed by atoms with Gasteiger partial charge in [-0.2, -0.15) is 0 Å². The molecule has 0 aromatic rings. The maximum Gasteiger partial charge on any atom is 0.0882 e. The van der Waals surface area contributed by atoms with Gasteiger partial charge in [0, 0.05) is 25.2 Å². The Kier molecular flexibility index (Phi) is 2.94. The van der Waals surface area contributed by atoms with E-state index in [1.165, 1.54) is 0 Å². The lowest BCUT2D eigenvalue weighted by Gasteiger charge is -2.59. The average Bonchev–Trinajstić information content (AvgIpc) is 2.40. The highest BCUT2D eigenvalue weighted by atomic mass is 16.5. The molecule has 0 spiro atoms. The molecule has 0 aromatic heterocycles. The highest BCUT2D eigenvalue weighted by Crippen LogP contribution is 2.50. The van der Waals surface area contributed by atoms with E-state index < -0.39 is 5.60 Å². The molecule has 4 heterocycles. The molecule has 1 atom stereocenters. The molecule has 0 aromatic carbocycles. The van der Waals surface area contributed by atoms with Crippen LogP contribution in [0.2, 0.25) is 0 Å². The predicted molar refractivity (Wildman–Crippen MR) is 63.7 cm³/mol. The molecule has 4 aliphatic rings. The lowest BCUT2D eigenvalue weighted by atomic mass is 9.58. The summed E-state index contributed by atoms with van der Waals surface area (Å²) in [6, 6.07) is 0. The summed E-state index contributed by atoms with van der Waals surface area (Å²) >= 11 is 0. The summed E-state index contributed by atoms with van der Waals surface area (Å²) < 4.78 is 5.41. The maximum absolute atomic E-state index is 11.2. The summed E-state index contributed by atoms with van der Waals surface area (Å²) in [7, 11) is 0. The van der Waals surface area contributed by atoms with Crippen LogP contribution in [-0.4, -0.2) is 60.2 Å². The van der Waals surface area contributed by atoms with E-state index in [1.807, 2.05) is 0 Å². The summed E-state index contributed by atoms with van der Waals surface area (Å²) in [6.07, 6.45) is 3.76. The van der Waals surface area contributed by atoms with E-state index in [9.17, 15) is 10.2 Å². The minimum atomic E-state index is -0.692. The van der Waals surface area contributed by atoms with Gasteiger partial charge in [0.05, 0.1) is 12.2 Å². The summed E-state index contributed by atoms with van der Waals surface area (Å²) in [4.78, 5) is 2.35. The molecule has 4 saturated heterocycles. The van der Waals surface area contributed by atoms with E-state index in [2.05, 4.69) is 4.90 Å². The van der Waals surface area contributed by atoms with Gasteiger partial charge in [-0.05, 0) is 44.7 Å². The van der Waals surface area contributed by atoms with E-state index in [0.29, 0.717) is 19.1 Å². The van der Waals surface area contributed by atoms with Gasteiger partial charge in [-0.25, -0.2) is 0 Å². The minimum absolute atomic E-state index is 0.0944. The number of fused-ring (bicyclic) bond motifs is 3. The topological polar surface area (TPSA) is 52.9 Å². The summed E-state index contributed by atoms with van der Waals surface area (Å²) in [5, 5.41) is 21.0. The second-order valence-electron chi connectivity index (χ2n) is 6.03. The van der Waals surface area contributed by atoms with Crippen molar-refractivity contribution in [2.75, 3.05) is 39.5 Å². The Balaban J connectivity index is 1.89. The van der Waals surface area contributed by atoms with Crippen molar-refractivity contribution in [2.45, 2.75) is 31.3 Å². The molecular weight excluding hydrogens is 218 g/mol. The van der Waals surface area contributed by atoms with Crippen LogP contribution in [0.25, 0.3) is 0 Å². The Labute approximate surface area is 103 Å². The first-order valence-electron chi connectivity index (χ1n) is 6.84. The summed E-state index contributed by atoms with van der Waals surface area (Å²) in [5.41, 5.74) is -1.02. The Bertz CT molecular complexity index is 282. The third-order valence-electron chi connectivity index (χ3n) is 5.40. The third-order valence-corrected chi connectivity index (χ3v) is 5.40. The lowest BCUT2D eigenvalue weighted by Crippen LogP contribution is -2.68. The molecule has 4 nitrogen and oxygen atoms in total. The molecule has 4 rings (SSSR count). The second kappa shape index (κ2) is 4.19. The number of hydrogen-bond acceptors (Lipinski definition) is 4. The number of piperidine rings is 3. The molecule has 17 heavy (non-hydrogen) atoms. The smallest absolute Gasteiger partial charge is 0.0882 e. The average molecular weight is 241 g/mol. The van der Waals surface area contributed by atoms with Crippen LogP contribution < -0.4 is 0 Å². The van der Waals surface area contributed by atoms with Crippen molar-refractivity contribution in [3.8, 4) is 0 Å². The molecular formula is C13H23NO3. The summed E-state index contributed by atoms with van der Waals surface area (Å²) in [6.45, 7) is 4.43. The molecule has 0 saturated carbocycles. The van der Waals surface area contributed by atoms with E-state index >= 15 is 0 Å². The second-order valence-corrected chi connectivity index (χ2v) is 6.03. The fraction of sp³-hybridized carbons (Fsp3) is 1.00. The van der Waals surface area contributed by atoms with Crippen LogP contribution in [0.15, 0.2) is 0 Å². The monoisotopic (exact) mass is 241 g/mol. The van der Waals surface area contributed by atoms with E-state index in [-0.39, 0.29) is 12.0 Å². The zero-order valence-corrected chi connectivity index (χ0v) is 10.4. The molecule has 4 fully saturated rings. The van der Waals surface area contributed by atoms with Crippen LogP contribution in [0.5, 0.6) is 0 Å². The maximum atomic E-state index is 11.2. The van der Waals surface area contributed by atoms with Crippen molar-refractivity contribution in [3.63, 3.8) is 0 Å². The number of nitrogens with zero attached hydrogens (tertiary/aromatic N) is 1. The SMILES string of the molecule is OCC1(C2(O)CN3CCC2CC3)CCOCC1. The first-order valence-corrected chi connectivity index (χ1v) is 6.84. The Morgan fingerprint density at radius 1 is 1.18 bits per heavy atom. The van der Waals surface area contributed by atoms with Crippen molar-refractivity contribution in [1.29, 1.82) is 0 Å². The third kappa shape index (κ3) is 1.65. The molecule has 2 N–H and O–H groups in total. The van der Waals surface area contributed by atoms with Crippen molar-refractivity contribution in [1.82, 2.24) is 4.90 Å². The zero-order valence-electron chi connectivity index (χ0n) is 10.4. The van der Waals surface area contributed by atoms with Gasteiger partial charge in [0.1, 0.15) is 0 Å². The molecule has 1 unspecified atom stereocenters. The Morgan fingerprint density at radius 2 is 1.82 bits per heavy atom. The standard InChI is InChI=1S/C13H23NO3/c15-10-12(3-7-17-8-4-12)13(16)9-14-5-1-11(13)2-6-14/h11,15-16H,1-10H2. The fourth-order valence-corrected chi connectivity index (χ4v) is 4.13. The van der Waals surface area contributed by atoms with Gasteiger partial charge in [-0.1, -0.05) is 0 Å². The highest BCUT2D eigenvalue weighted by Gasteiger charge is 2.58. The van der Waals surface area contributed by atoms with E-state index in [4.69, 9.17) is 4.74 Å². The molecule has 2 bridgehead atoms. The molecule has 0 radical (unpaired) electrons. The van der Waals surface area contributed by atoms with Crippen molar-refractivity contribution >= 4 is 0 Å². The van der Waals surface area contributed by atoms with Crippen LogP contribution in [0.4, 0.5) is 0 Å². The molecule has 98 valence electrons. The van der Waals surface area contributed by atoms with Gasteiger partial charge < -0.3 is 19.8 Å². The van der Waals surface area contributed by atoms with Crippen LogP contribution >= 0.6 is 0 Å². The first kappa shape index (κ1) is 11.9. The zero-order chi connectivity index (χ0) is 11.9. The van der Waals surface area contributed by atoms with Crippen LogP contribution in [0.1, 0.15) is 25.7 Å². The predicted octanol–water partition coefficient (Wildman–Crippen LogP) is 0.232. The molecule has 0 aliphatic carbocycles. The van der Waals surface area contributed by atoms with Crippen molar-refractivity contribution in [3.05, 3.63) is 0 Å². The van der Waals surface area contributed by atoms with Gasteiger partial charge in [-0.15, -0.1) is 0 Å². The molecule has 4 heteroatoms. The van der Waals surface area contributed by atoms with Gasteiger partial charge in [-0.3, -0.25) is 0 Å². The van der Waals surface area contributed by atoms with Crippen LogP contribution in [0, 0.1) is 11.3 Å². The number of hydrogen-bond donors (Lipinski definition) is 2. The Morgan fingerprint density at radius 3 is 2.29 bits per heavy atom. The van der Waals surface area contributed by atoms with Crippen molar-refractivity contribution in [2.24, 2.45) is 11.3 Å². The summed E-state index contributed by atoms with van der Waals surface area (Å²) in [5.74, 6) is 0.373. The van der Waals surface area contributed by atoms with Crippen molar-refractivity contribution < 1.29 is 14.9 Å². The van der Waals surface area contributed by atoms with Crippen LogP contribution in [-0.2, 0) is 4.74 Å². The number of aliphatic hydroxyl groups excluding tert-OH is 1. The van der Waals surface area contributed by atoms with Gasteiger partial charge >= 0.3 is 0 Å². The van der Waals surface area contributed by atoms with Crippen LogP contribution in [0.3, 0.4) is 0 Å². The number of ether oxygens (including phenoxy) is 1. The number of rotatable bonds is 2. The molecule has 4 aliphatic heterocycles. The molecule has 0 amide bonds. The quantitative estimate of drug-likeness (QED) is 0.727. The highest BCUT2D eigenvalue weighted by molar-refractivity contribution is 5.09. The normalized spacial score (nSPS) is 44.8. The lowest BCUT2D eigenvalue weighted by molar-refractivity contribution is -0.221.